The van der Waals surface area contributed by atoms with Crippen molar-refractivity contribution in [3.63, 3.8) is 0 Å². The van der Waals surface area contributed by atoms with Crippen LogP contribution in [0.4, 0.5) is 0 Å². The average molecular weight is 280 g/mol. The smallest absolute Gasteiger partial charge is 0.147 e. The summed E-state index contributed by atoms with van der Waals surface area (Å²) in [6.45, 7) is 4.96. The van der Waals surface area contributed by atoms with Crippen LogP contribution >= 0.6 is 0 Å². The molecule has 0 saturated carbocycles. The van der Waals surface area contributed by atoms with Crippen molar-refractivity contribution in [3.05, 3.63) is 59.8 Å². The van der Waals surface area contributed by atoms with Gasteiger partial charge in [-0.1, -0.05) is 50.2 Å². The van der Waals surface area contributed by atoms with Crippen LogP contribution in [0.1, 0.15) is 30.9 Å². The van der Waals surface area contributed by atoms with Gasteiger partial charge < -0.3 is 4.74 Å². The van der Waals surface area contributed by atoms with Gasteiger partial charge >= 0.3 is 0 Å². The number of ether oxygens (including phenoxy) is 1. The van der Waals surface area contributed by atoms with Crippen molar-refractivity contribution in [2.24, 2.45) is 7.05 Å². The standard InChI is InChI=1S/C18H20N2O/c1-13(2)15-9-10-17(18-16(15)11-20(3)19-18)21-12-14-7-5-4-6-8-14/h4-11,13H,12H2,1-3H3. The second kappa shape index (κ2) is 5.60. The van der Waals surface area contributed by atoms with Crippen LogP contribution in [-0.2, 0) is 13.7 Å². The highest BCUT2D eigenvalue weighted by atomic mass is 16.5. The van der Waals surface area contributed by atoms with Crippen molar-refractivity contribution < 1.29 is 4.74 Å². The van der Waals surface area contributed by atoms with Crippen molar-refractivity contribution in [2.45, 2.75) is 26.4 Å². The van der Waals surface area contributed by atoms with Gasteiger partial charge in [-0.15, -0.1) is 0 Å². The van der Waals surface area contributed by atoms with Gasteiger partial charge in [-0.25, -0.2) is 0 Å². The van der Waals surface area contributed by atoms with Crippen molar-refractivity contribution >= 4 is 10.9 Å². The molecule has 3 nitrogen and oxygen atoms in total. The van der Waals surface area contributed by atoms with Crippen molar-refractivity contribution in [1.29, 1.82) is 0 Å². The molecule has 0 amide bonds. The maximum absolute atomic E-state index is 5.98. The molecule has 0 unspecified atom stereocenters. The fourth-order valence-corrected chi connectivity index (χ4v) is 2.57. The summed E-state index contributed by atoms with van der Waals surface area (Å²) in [7, 11) is 1.95. The maximum atomic E-state index is 5.98. The van der Waals surface area contributed by atoms with E-state index in [1.165, 1.54) is 10.9 Å². The second-order valence-electron chi connectivity index (χ2n) is 5.65. The Morgan fingerprint density at radius 3 is 2.57 bits per heavy atom. The van der Waals surface area contributed by atoms with E-state index in [2.05, 4.69) is 43.3 Å². The van der Waals surface area contributed by atoms with Gasteiger partial charge in [-0.05, 0) is 23.1 Å². The zero-order chi connectivity index (χ0) is 14.8. The molecule has 1 aromatic heterocycles. The highest BCUT2D eigenvalue weighted by Crippen LogP contribution is 2.31. The molecule has 0 bridgehead atoms. The van der Waals surface area contributed by atoms with E-state index in [0.29, 0.717) is 12.5 Å². The quantitative estimate of drug-likeness (QED) is 0.713. The molecule has 3 aromatic rings. The molecule has 1 heterocycles. The lowest BCUT2D eigenvalue weighted by Gasteiger charge is -2.11. The van der Waals surface area contributed by atoms with Crippen LogP contribution in [0.25, 0.3) is 10.9 Å². The van der Waals surface area contributed by atoms with Gasteiger partial charge in [0, 0.05) is 18.6 Å². The van der Waals surface area contributed by atoms with Crippen LogP contribution in [0.5, 0.6) is 5.75 Å². The van der Waals surface area contributed by atoms with Crippen LogP contribution in [0, 0.1) is 0 Å². The lowest BCUT2D eigenvalue weighted by atomic mass is 9.99. The van der Waals surface area contributed by atoms with Crippen LogP contribution < -0.4 is 4.74 Å². The van der Waals surface area contributed by atoms with Gasteiger partial charge in [-0.2, -0.15) is 5.10 Å². The van der Waals surface area contributed by atoms with Gasteiger partial charge in [0.2, 0.25) is 0 Å². The number of aryl methyl sites for hydroxylation is 1. The van der Waals surface area contributed by atoms with Gasteiger partial charge in [0.05, 0.1) is 0 Å². The molecule has 3 rings (SSSR count). The molecule has 108 valence electrons. The maximum Gasteiger partial charge on any atom is 0.147 e. The van der Waals surface area contributed by atoms with E-state index in [0.717, 1.165) is 16.8 Å². The molecule has 0 spiro atoms. The summed E-state index contributed by atoms with van der Waals surface area (Å²) in [5, 5.41) is 5.74. The second-order valence-corrected chi connectivity index (χ2v) is 5.65. The third-order valence-electron chi connectivity index (χ3n) is 3.65. The third kappa shape index (κ3) is 2.77. The molecule has 21 heavy (non-hydrogen) atoms. The Kier molecular flexibility index (Phi) is 3.65. The summed E-state index contributed by atoms with van der Waals surface area (Å²) in [5.74, 6) is 1.32. The number of aromatic nitrogens is 2. The van der Waals surface area contributed by atoms with Crippen LogP contribution in [0.2, 0.25) is 0 Å². The normalized spacial score (nSPS) is 11.2. The fourth-order valence-electron chi connectivity index (χ4n) is 2.57. The molecule has 0 aliphatic carbocycles. The zero-order valence-corrected chi connectivity index (χ0v) is 12.7. The topological polar surface area (TPSA) is 27.1 Å². The number of fused-ring (bicyclic) bond motifs is 1. The number of hydrogen-bond acceptors (Lipinski definition) is 2. The number of benzene rings is 2. The summed E-state index contributed by atoms with van der Waals surface area (Å²) in [6.07, 6.45) is 2.07. The first kappa shape index (κ1) is 13.7. The molecule has 0 N–H and O–H groups in total. The Morgan fingerprint density at radius 2 is 1.86 bits per heavy atom. The zero-order valence-electron chi connectivity index (χ0n) is 12.7. The van der Waals surface area contributed by atoms with Crippen molar-refractivity contribution in [2.75, 3.05) is 0 Å². The van der Waals surface area contributed by atoms with Crippen molar-refractivity contribution in [1.82, 2.24) is 9.78 Å². The van der Waals surface area contributed by atoms with E-state index < -0.39 is 0 Å². The minimum Gasteiger partial charge on any atom is -0.487 e. The number of hydrogen-bond donors (Lipinski definition) is 0. The van der Waals surface area contributed by atoms with Crippen LogP contribution in [0.3, 0.4) is 0 Å². The molecule has 0 atom stereocenters. The van der Waals surface area contributed by atoms with Gasteiger partial charge in [0.1, 0.15) is 17.9 Å². The first-order chi connectivity index (χ1) is 10.1. The van der Waals surface area contributed by atoms with Crippen LogP contribution in [0.15, 0.2) is 48.7 Å². The highest BCUT2D eigenvalue weighted by molar-refractivity contribution is 5.87. The van der Waals surface area contributed by atoms with Gasteiger partial charge in [0.25, 0.3) is 0 Å². The SMILES string of the molecule is CC(C)c1ccc(OCc2ccccc2)c2nn(C)cc12. The lowest BCUT2D eigenvalue weighted by Crippen LogP contribution is -1.97. The van der Waals surface area contributed by atoms with E-state index in [9.17, 15) is 0 Å². The number of rotatable bonds is 4. The predicted molar refractivity (Wildman–Crippen MR) is 85.6 cm³/mol. The average Bonchev–Trinajstić information content (AvgIpc) is 2.86. The molecule has 0 radical (unpaired) electrons. The molecule has 2 aromatic carbocycles. The van der Waals surface area contributed by atoms with Gasteiger partial charge in [0.15, 0.2) is 0 Å². The Morgan fingerprint density at radius 1 is 1.10 bits per heavy atom. The lowest BCUT2D eigenvalue weighted by molar-refractivity contribution is 0.309. The summed E-state index contributed by atoms with van der Waals surface area (Å²) in [6, 6.07) is 14.4. The summed E-state index contributed by atoms with van der Waals surface area (Å²) < 4.78 is 7.83. The summed E-state index contributed by atoms with van der Waals surface area (Å²) >= 11 is 0. The van der Waals surface area contributed by atoms with E-state index in [-0.39, 0.29) is 0 Å². The third-order valence-corrected chi connectivity index (χ3v) is 3.65. The van der Waals surface area contributed by atoms with Crippen LogP contribution in [-0.4, -0.2) is 9.78 Å². The Balaban J connectivity index is 1.94. The predicted octanol–water partition coefficient (Wildman–Crippen LogP) is 4.28. The molecule has 3 heteroatoms. The fraction of sp³-hybridized carbons (Fsp3) is 0.278. The van der Waals surface area contributed by atoms with E-state index in [4.69, 9.17) is 4.74 Å². The Hall–Kier alpha value is -2.29. The molecule has 0 saturated heterocycles. The highest BCUT2D eigenvalue weighted by Gasteiger charge is 2.13. The molecule has 0 aliphatic heterocycles. The first-order valence-corrected chi connectivity index (χ1v) is 7.28. The van der Waals surface area contributed by atoms with E-state index in [1.54, 1.807) is 0 Å². The Bertz CT molecular complexity index is 745. The first-order valence-electron chi connectivity index (χ1n) is 7.28. The van der Waals surface area contributed by atoms with Gasteiger partial charge in [-0.3, -0.25) is 4.68 Å². The van der Waals surface area contributed by atoms with E-state index in [1.807, 2.05) is 36.0 Å². The van der Waals surface area contributed by atoms with E-state index >= 15 is 0 Å². The number of nitrogens with zero attached hydrogens (tertiary/aromatic N) is 2. The van der Waals surface area contributed by atoms with Crippen molar-refractivity contribution in [3.8, 4) is 5.75 Å². The summed E-state index contributed by atoms with van der Waals surface area (Å²) in [4.78, 5) is 0. The molecular weight excluding hydrogens is 260 g/mol. The Labute approximate surface area is 125 Å². The molecule has 0 fully saturated rings. The minimum atomic E-state index is 0.472. The minimum absolute atomic E-state index is 0.472. The summed E-state index contributed by atoms with van der Waals surface area (Å²) in [5.41, 5.74) is 3.42. The molecule has 0 aliphatic rings. The largest absolute Gasteiger partial charge is 0.487 e. The molecular formula is C18H20N2O. The monoisotopic (exact) mass is 280 g/mol.